The maximum atomic E-state index is 12.1. The average molecular weight is 407 g/mol. The molecule has 0 fully saturated rings. The second-order valence-electron chi connectivity index (χ2n) is 6.31. The topological polar surface area (TPSA) is 84.9 Å². The Morgan fingerprint density at radius 3 is 2.36 bits per heavy atom. The van der Waals surface area contributed by atoms with Gasteiger partial charge in [-0.05, 0) is 36.8 Å². The number of hydrogen-bond donors (Lipinski definition) is 1. The van der Waals surface area contributed by atoms with Crippen molar-refractivity contribution in [2.75, 3.05) is 30.8 Å². The van der Waals surface area contributed by atoms with E-state index in [1.165, 1.54) is 11.4 Å². The van der Waals surface area contributed by atoms with Gasteiger partial charge < -0.3 is 14.8 Å². The van der Waals surface area contributed by atoms with Gasteiger partial charge in [0.15, 0.2) is 6.10 Å². The van der Waals surface area contributed by atoms with E-state index in [1.807, 2.05) is 30.3 Å². The molecule has 2 aromatic carbocycles. The molecule has 0 saturated heterocycles. The molecular formula is C20H26N2O5S. The molecule has 1 unspecified atom stereocenters. The molecule has 1 atom stereocenters. The van der Waals surface area contributed by atoms with Crippen LogP contribution >= 0.6 is 0 Å². The minimum absolute atomic E-state index is 0.249. The molecule has 0 aliphatic heterocycles. The van der Waals surface area contributed by atoms with Gasteiger partial charge in [-0.15, -0.1) is 0 Å². The predicted molar refractivity (Wildman–Crippen MR) is 109 cm³/mol. The summed E-state index contributed by atoms with van der Waals surface area (Å²) >= 11 is 0. The van der Waals surface area contributed by atoms with E-state index in [4.69, 9.17) is 9.47 Å². The summed E-state index contributed by atoms with van der Waals surface area (Å²) in [6.07, 6.45) is 0.445. The lowest BCUT2D eigenvalue weighted by Crippen LogP contribution is -2.38. The van der Waals surface area contributed by atoms with E-state index in [-0.39, 0.29) is 5.91 Å². The number of amides is 1. The van der Waals surface area contributed by atoms with Gasteiger partial charge in [0.1, 0.15) is 5.75 Å². The standard InChI is InChI=1S/C20H26N2O5S/c1-16(20(23)21-13-14-26-15-17-7-5-4-6-8-17)27-19-11-9-18(10-12-19)22(2)28(3,24)25/h4-12,16H,13-15H2,1-3H3,(H,21,23). The molecule has 0 aromatic heterocycles. The zero-order chi connectivity index (χ0) is 20.6. The molecule has 1 amide bonds. The molecule has 0 bridgehead atoms. The van der Waals surface area contributed by atoms with Gasteiger partial charge in [-0.25, -0.2) is 8.42 Å². The first-order chi connectivity index (χ1) is 13.3. The van der Waals surface area contributed by atoms with Crippen LogP contribution in [0.25, 0.3) is 0 Å². The smallest absolute Gasteiger partial charge is 0.260 e. The van der Waals surface area contributed by atoms with Crippen molar-refractivity contribution in [3.63, 3.8) is 0 Å². The van der Waals surface area contributed by atoms with Crippen molar-refractivity contribution in [1.29, 1.82) is 0 Å². The highest BCUT2D eigenvalue weighted by Crippen LogP contribution is 2.21. The second-order valence-corrected chi connectivity index (χ2v) is 8.33. The highest BCUT2D eigenvalue weighted by molar-refractivity contribution is 7.92. The summed E-state index contributed by atoms with van der Waals surface area (Å²) in [5.74, 6) is 0.231. The van der Waals surface area contributed by atoms with Crippen molar-refractivity contribution < 1.29 is 22.7 Å². The van der Waals surface area contributed by atoms with Gasteiger partial charge in [-0.2, -0.15) is 0 Å². The highest BCUT2D eigenvalue weighted by Gasteiger charge is 2.15. The third-order valence-corrected chi connectivity index (χ3v) is 5.24. The number of rotatable bonds is 10. The first kappa shape index (κ1) is 21.7. The quantitative estimate of drug-likeness (QED) is 0.612. The summed E-state index contributed by atoms with van der Waals surface area (Å²) in [6, 6.07) is 16.3. The van der Waals surface area contributed by atoms with E-state index < -0.39 is 16.1 Å². The molecule has 0 aliphatic rings. The number of sulfonamides is 1. The van der Waals surface area contributed by atoms with Gasteiger partial charge in [-0.3, -0.25) is 9.10 Å². The maximum Gasteiger partial charge on any atom is 0.260 e. The van der Waals surface area contributed by atoms with E-state index in [0.29, 0.717) is 31.2 Å². The Labute approximate surface area is 166 Å². The molecule has 0 heterocycles. The fourth-order valence-electron chi connectivity index (χ4n) is 2.34. The van der Waals surface area contributed by atoms with Crippen LogP contribution in [0.1, 0.15) is 12.5 Å². The van der Waals surface area contributed by atoms with E-state index in [9.17, 15) is 13.2 Å². The monoisotopic (exact) mass is 406 g/mol. The average Bonchev–Trinajstić information content (AvgIpc) is 2.67. The third-order valence-electron chi connectivity index (χ3n) is 4.04. The van der Waals surface area contributed by atoms with Crippen LogP contribution in [0, 0.1) is 0 Å². The van der Waals surface area contributed by atoms with Crippen molar-refractivity contribution in [3.05, 3.63) is 60.2 Å². The van der Waals surface area contributed by atoms with Gasteiger partial charge in [-0.1, -0.05) is 30.3 Å². The lowest BCUT2D eigenvalue weighted by Gasteiger charge is -2.18. The Balaban J connectivity index is 1.73. The van der Waals surface area contributed by atoms with Crippen molar-refractivity contribution in [2.45, 2.75) is 19.6 Å². The number of nitrogens with one attached hydrogen (secondary N) is 1. The van der Waals surface area contributed by atoms with Gasteiger partial charge in [0, 0.05) is 13.6 Å². The summed E-state index contributed by atoms with van der Waals surface area (Å²) < 4.78 is 35.4. The van der Waals surface area contributed by atoms with Crippen molar-refractivity contribution >= 4 is 21.6 Å². The van der Waals surface area contributed by atoms with Crippen LogP contribution in [0.3, 0.4) is 0 Å². The Kier molecular flexibility index (Phi) is 7.83. The number of nitrogens with zero attached hydrogens (tertiary/aromatic N) is 1. The number of ether oxygens (including phenoxy) is 2. The summed E-state index contributed by atoms with van der Waals surface area (Å²) in [5, 5.41) is 2.76. The molecule has 2 rings (SSSR count). The molecule has 2 aromatic rings. The Morgan fingerprint density at radius 1 is 1.11 bits per heavy atom. The molecule has 0 spiro atoms. The molecule has 7 nitrogen and oxygen atoms in total. The highest BCUT2D eigenvalue weighted by atomic mass is 32.2. The molecular weight excluding hydrogens is 380 g/mol. The lowest BCUT2D eigenvalue weighted by molar-refractivity contribution is -0.127. The third kappa shape index (κ3) is 6.86. The fraction of sp³-hybridized carbons (Fsp3) is 0.350. The molecule has 0 saturated carbocycles. The van der Waals surface area contributed by atoms with Crippen molar-refractivity contribution in [2.24, 2.45) is 0 Å². The van der Waals surface area contributed by atoms with Crippen molar-refractivity contribution in [3.8, 4) is 5.75 Å². The largest absolute Gasteiger partial charge is 0.481 e. The van der Waals surface area contributed by atoms with Crippen LogP contribution in [0.2, 0.25) is 0 Å². The normalized spacial score (nSPS) is 12.2. The Bertz CT molecular complexity index is 854. The van der Waals surface area contributed by atoms with E-state index in [0.717, 1.165) is 11.8 Å². The molecule has 28 heavy (non-hydrogen) atoms. The molecule has 0 radical (unpaired) electrons. The van der Waals surface area contributed by atoms with Crippen LogP contribution in [0.15, 0.2) is 54.6 Å². The molecule has 0 aliphatic carbocycles. The van der Waals surface area contributed by atoms with Gasteiger partial charge in [0.05, 0.1) is 25.2 Å². The molecule has 8 heteroatoms. The fourth-order valence-corrected chi connectivity index (χ4v) is 2.84. The number of anilines is 1. The van der Waals surface area contributed by atoms with E-state index >= 15 is 0 Å². The summed E-state index contributed by atoms with van der Waals surface area (Å²) in [5.41, 5.74) is 1.60. The number of carbonyl (C=O) groups excluding carboxylic acids is 1. The van der Waals surface area contributed by atoms with Crippen LogP contribution in [0.4, 0.5) is 5.69 Å². The van der Waals surface area contributed by atoms with Crippen LogP contribution in [-0.2, 0) is 26.2 Å². The lowest BCUT2D eigenvalue weighted by atomic mass is 10.2. The summed E-state index contributed by atoms with van der Waals surface area (Å²) in [7, 11) is -1.85. The van der Waals surface area contributed by atoms with Crippen LogP contribution in [-0.4, -0.2) is 46.9 Å². The van der Waals surface area contributed by atoms with E-state index in [1.54, 1.807) is 31.2 Å². The van der Waals surface area contributed by atoms with Crippen LogP contribution < -0.4 is 14.4 Å². The zero-order valence-corrected chi connectivity index (χ0v) is 17.1. The van der Waals surface area contributed by atoms with Gasteiger partial charge in [0.2, 0.25) is 10.0 Å². The van der Waals surface area contributed by atoms with Crippen molar-refractivity contribution in [1.82, 2.24) is 5.32 Å². The predicted octanol–water partition coefficient (Wildman–Crippen LogP) is 2.18. The Morgan fingerprint density at radius 2 is 1.75 bits per heavy atom. The SMILES string of the molecule is CC(Oc1ccc(N(C)S(C)(=O)=O)cc1)C(=O)NCCOCc1ccccc1. The minimum Gasteiger partial charge on any atom is -0.481 e. The Hall–Kier alpha value is -2.58. The summed E-state index contributed by atoms with van der Waals surface area (Å²) in [4.78, 5) is 12.1. The number of hydrogen-bond acceptors (Lipinski definition) is 5. The first-order valence-corrected chi connectivity index (χ1v) is 10.7. The zero-order valence-electron chi connectivity index (χ0n) is 16.3. The minimum atomic E-state index is -3.32. The summed E-state index contributed by atoms with van der Waals surface area (Å²) in [6.45, 7) is 2.94. The molecule has 1 N–H and O–H groups in total. The number of carbonyl (C=O) groups is 1. The van der Waals surface area contributed by atoms with Crippen LogP contribution in [0.5, 0.6) is 5.75 Å². The van der Waals surface area contributed by atoms with Gasteiger partial charge in [0.25, 0.3) is 5.91 Å². The van der Waals surface area contributed by atoms with E-state index in [2.05, 4.69) is 5.32 Å². The van der Waals surface area contributed by atoms with Gasteiger partial charge >= 0.3 is 0 Å². The maximum absolute atomic E-state index is 12.1. The first-order valence-electron chi connectivity index (χ1n) is 8.87. The number of benzene rings is 2. The second kappa shape index (κ2) is 10.1. The molecule has 152 valence electrons.